The highest BCUT2D eigenvalue weighted by Gasteiger charge is 2.22. The van der Waals surface area contributed by atoms with Crippen molar-refractivity contribution in [3.63, 3.8) is 0 Å². The minimum absolute atomic E-state index is 0.171. The summed E-state index contributed by atoms with van der Waals surface area (Å²) in [7, 11) is 0. The predicted molar refractivity (Wildman–Crippen MR) is 70.9 cm³/mol. The number of halogens is 1. The maximum Gasteiger partial charge on any atom is 0.123 e. The molecule has 3 heteroatoms. The summed E-state index contributed by atoms with van der Waals surface area (Å²) < 4.78 is 13.3. The Morgan fingerprint density at radius 1 is 1.33 bits per heavy atom. The van der Waals surface area contributed by atoms with Crippen molar-refractivity contribution < 1.29 is 9.50 Å². The van der Waals surface area contributed by atoms with Gasteiger partial charge in [-0.3, -0.25) is 4.90 Å². The Hall–Kier alpha value is -0.930. The molecule has 1 saturated carbocycles. The molecule has 0 amide bonds. The van der Waals surface area contributed by atoms with E-state index in [1.807, 2.05) is 13.0 Å². The van der Waals surface area contributed by atoms with Crippen LogP contribution in [0.2, 0.25) is 0 Å². The molecular formula is C15H22FNO. The highest BCUT2D eigenvalue weighted by molar-refractivity contribution is 5.26. The van der Waals surface area contributed by atoms with E-state index in [0.717, 1.165) is 17.7 Å². The molecule has 1 N–H and O–H groups in total. The molecule has 1 aliphatic carbocycles. The Morgan fingerprint density at radius 3 is 2.72 bits per heavy atom. The average Bonchev–Trinajstić information content (AvgIpc) is 2.87. The van der Waals surface area contributed by atoms with E-state index in [4.69, 9.17) is 0 Å². The van der Waals surface area contributed by atoms with Gasteiger partial charge in [-0.1, -0.05) is 18.9 Å². The smallest absolute Gasteiger partial charge is 0.123 e. The lowest BCUT2D eigenvalue weighted by Gasteiger charge is -2.28. The fourth-order valence-electron chi connectivity index (χ4n) is 2.82. The molecule has 18 heavy (non-hydrogen) atoms. The van der Waals surface area contributed by atoms with E-state index < -0.39 is 0 Å². The first-order valence-electron chi connectivity index (χ1n) is 6.80. The van der Waals surface area contributed by atoms with Gasteiger partial charge >= 0.3 is 0 Å². The third kappa shape index (κ3) is 3.30. The summed E-state index contributed by atoms with van der Waals surface area (Å²) >= 11 is 0. The molecule has 0 bridgehead atoms. The SMILES string of the molecule is Cc1ccc(F)cc1CN(CCO)C1CCCC1. The van der Waals surface area contributed by atoms with Gasteiger partial charge in [-0.2, -0.15) is 0 Å². The molecular weight excluding hydrogens is 229 g/mol. The van der Waals surface area contributed by atoms with E-state index in [-0.39, 0.29) is 12.4 Å². The fourth-order valence-corrected chi connectivity index (χ4v) is 2.82. The van der Waals surface area contributed by atoms with Gasteiger partial charge in [0.25, 0.3) is 0 Å². The van der Waals surface area contributed by atoms with E-state index in [2.05, 4.69) is 4.90 Å². The molecule has 0 unspecified atom stereocenters. The second kappa shape index (κ2) is 6.30. The van der Waals surface area contributed by atoms with Gasteiger partial charge in [0.1, 0.15) is 5.82 Å². The van der Waals surface area contributed by atoms with Crippen LogP contribution in [0.15, 0.2) is 18.2 Å². The van der Waals surface area contributed by atoms with Crippen LogP contribution in [0.1, 0.15) is 36.8 Å². The molecule has 1 aromatic carbocycles. The van der Waals surface area contributed by atoms with Crippen LogP contribution in [0, 0.1) is 12.7 Å². The van der Waals surface area contributed by atoms with Crippen molar-refractivity contribution in [3.8, 4) is 0 Å². The van der Waals surface area contributed by atoms with E-state index in [1.165, 1.54) is 31.7 Å². The highest BCUT2D eigenvalue weighted by atomic mass is 19.1. The Morgan fingerprint density at radius 2 is 2.06 bits per heavy atom. The van der Waals surface area contributed by atoms with Crippen LogP contribution < -0.4 is 0 Å². The molecule has 100 valence electrons. The predicted octanol–water partition coefficient (Wildman–Crippen LogP) is 2.87. The third-order valence-corrected chi connectivity index (χ3v) is 3.91. The van der Waals surface area contributed by atoms with E-state index in [1.54, 1.807) is 6.07 Å². The van der Waals surface area contributed by atoms with Crippen molar-refractivity contribution in [3.05, 3.63) is 35.1 Å². The monoisotopic (exact) mass is 251 g/mol. The normalized spacial score (nSPS) is 16.7. The minimum atomic E-state index is -0.175. The van der Waals surface area contributed by atoms with Crippen LogP contribution in [0.3, 0.4) is 0 Å². The number of hydrogen-bond donors (Lipinski definition) is 1. The second-order valence-corrected chi connectivity index (χ2v) is 5.20. The molecule has 0 aromatic heterocycles. The molecule has 1 fully saturated rings. The van der Waals surface area contributed by atoms with Crippen molar-refractivity contribution >= 4 is 0 Å². The van der Waals surface area contributed by atoms with Crippen LogP contribution >= 0.6 is 0 Å². The summed E-state index contributed by atoms with van der Waals surface area (Å²) in [4.78, 5) is 2.30. The summed E-state index contributed by atoms with van der Waals surface area (Å²) in [6, 6.07) is 5.51. The average molecular weight is 251 g/mol. The summed E-state index contributed by atoms with van der Waals surface area (Å²) in [6.07, 6.45) is 4.95. The Kier molecular flexibility index (Phi) is 4.72. The summed E-state index contributed by atoms with van der Waals surface area (Å²) in [5.41, 5.74) is 2.16. The van der Waals surface area contributed by atoms with Crippen molar-refractivity contribution in [2.75, 3.05) is 13.2 Å². The molecule has 0 heterocycles. The summed E-state index contributed by atoms with van der Waals surface area (Å²) in [6.45, 7) is 3.61. The minimum Gasteiger partial charge on any atom is -0.395 e. The fraction of sp³-hybridized carbons (Fsp3) is 0.600. The first kappa shape index (κ1) is 13.5. The van der Waals surface area contributed by atoms with E-state index in [9.17, 15) is 9.50 Å². The quantitative estimate of drug-likeness (QED) is 0.870. The lowest BCUT2D eigenvalue weighted by atomic mass is 10.1. The zero-order valence-electron chi connectivity index (χ0n) is 11.0. The van der Waals surface area contributed by atoms with Crippen LogP contribution in [0.5, 0.6) is 0 Å². The van der Waals surface area contributed by atoms with Crippen LogP contribution in [0.4, 0.5) is 4.39 Å². The van der Waals surface area contributed by atoms with Gasteiger partial charge < -0.3 is 5.11 Å². The highest BCUT2D eigenvalue weighted by Crippen LogP contribution is 2.25. The zero-order chi connectivity index (χ0) is 13.0. The molecule has 2 nitrogen and oxygen atoms in total. The Labute approximate surface area is 108 Å². The maximum atomic E-state index is 13.3. The number of aryl methyl sites for hydroxylation is 1. The third-order valence-electron chi connectivity index (χ3n) is 3.91. The Bertz CT molecular complexity index is 388. The molecule has 0 radical (unpaired) electrons. The van der Waals surface area contributed by atoms with Crippen molar-refractivity contribution in [1.82, 2.24) is 4.90 Å². The number of hydrogen-bond acceptors (Lipinski definition) is 2. The molecule has 0 aliphatic heterocycles. The molecule has 0 spiro atoms. The van der Waals surface area contributed by atoms with Gasteiger partial charge in [0, 0.05) is 19.1 Å². The topological polar surface area (TPSA) is 23.5 Å². The number of aliphatic hydroxyl groups excluding tert-OH is 1. The van der Waals surface area contributed by atoms with Crippen LogP contribution in [0.25, 0.3) is 0 Å². The molecule has 0 saturated heterocycles. The van der Waals surface area contributed by atoms with Gasteiger partial charge in [0.15, 0.2) is 0 Å². The van der Waals surface area contributed by atoms with Gasteiger partial charge in [0.05, 0.1) is 6.61 Å². The van der Waals surface area contributed by atoms with Gasteiger partial charge in [-0.15, -0.1) is 0 Å². The second-order valence-electron chi connectivity index (χ2n) is 5.20. The molecule has 0 atom stereocenters. The lowest BCUT2D eigenvalue weighted by molar-refractivity contribution is 0.144. The number of aliphatic hydroxyl groups is 1. The largest absolute Gasteiger partial charge is 0.395 e. The number of nitrogens with zero attached hydrogens (tertiary/aromatic N) is 1. The van der Waals surface area contributed by atoms with Crippen LogP contribution in [-0.2, 0) is 6.54 Å². The Balaban J connectivity index is 2.09. The van der Waals surface area contributed by atoms with E-state index >= 15 is 0 Å². The van der Waals surface area contributed by atoms with Crippen molar-refractivity contribution in [2.24, 2.45) is 0 Å². The summed E-state index contributed by atoms with van der Waals surface area (Å²) in [5, 5.41) is 9.18. The van der Waals surface area contributed by atoms with Crippen molar-refractivity contribution in [1.29, 1.82) is 0 Å². The molecule has 1 aromatic rings. The van der Waals surface area contributed by atoms with Crippen LogP contribution in [-0.4, -0.2) is 29.2 Å². The number of rotatable bonds is 5. The van der Waals surface area contributed by atoms with Gasteiger partial charge in [-0.25, -0.2) is 4.39 Å². The van der Waals surface area contributed by atoms with Gasteiger partial charge in [-0.05, 0) is 43.0 Å². The molecule has 2 rings (SSSR count). The maximum absolute atomic E-state index is 13.3. The first-order valence-corrected chi connectivity index (χ1v) is 6.80. The lowest BCUT2D eigenvalue weighted by Crippen LogP contribution is -2.35. The van der Waals surface area contributed by atoms with Crippen molar-refractivity contribution in [2.45, 2.75) is 45.2 Å². The first-order chi connectivity index (χ1) is 8.70. The van der Waals surface area contributed by atoms with E-state index in [0.29, 0.717) is 12.6 Å². The summed E-state index contributed by atoms with van der Waals surface area (Å²) in [5.74, 6) is -0.175. The molecule has 1 aliphatic rings. The standard InChI is InChI=1S/C15H22FNO/c1-12-6-7-14(16)10-13(12)11-17(8-9-18)15-4-2-3-5-15/h6-7,10,15,18H,2-5,8-9,11H2,1H3. The zero-order valence-corrected chi connectivity index (χ0v) is 11.0. The van der Waals surface area contributed by atoms with Gasteiger partial charge in [0.2, 0.25) is 0 Å². The number of benzene rings is 1.